The Labute approximate surface area is 74.2 Å². The normalized spacial score (nSPS) is 19.1. The van der Waals surface area contributed by atoms with E-state index >= 15 is 0 Å². The Kier molecular flexibility index (Phi) is 3.78. The van der Waals surface area contributed by atoms with Crippen LogP contribution in [0.3, 0.4) is 0 Å². The first kappa shape index (κ1) is 9.24. The van der Waals surface area contributed by atoms with Gasteiger partial charge in [0.1, 0.15) is 6.29 Å². The fourth-order valence-corrected chi connectivity index (χ4v) is 1.46. The zero-order valence-corrected chi connectivity index (χ0v) is 7.68. The van der Waals surface area contributed by atoms with Crippen molar-refractivity contribution >= 4 is 6.29 Å². The molecule has 0 atom stereocenters. The zero-order valence-electron chi connectivity index (χ0n) is 7.68. The van der Waals surface area contributed by atoms with E-state index in [-0.39, 0.29) is 0 Å². The molecule has 0 aliphatic heterocycles. The third-order valence-corrected chi connectivity index (χ3v) is 2.26. The van der Waals surface area contributed by atoms with E-state index in [4.69, 9.17) is 0 Å². The molecule has 0 N–H and O–H groups in total. The minimum Gasteiger partial charge on any atom is -0.298 e. The fourth-order valence-electron chi connectivity index (χ4n) is 1.46. The molecule has 12 heavy (non-hydrogen) atoms. The highest BCUT2D eigenvalue weighted by molar-refractivity contribution is 5.72. The minimum absolute atomic E-state index is 0.813. The first-order chi connectivity index (χ1) is 5.83. The quantitative estimate of drug-likeness (QED) is 0.453. The van der Waals surface area contributed by atoms with Crippen LogP contribution in [0.25, 0.3) is 0 Å². The third-order valence-electron chi connectivity index (χ3n) is 2.26. The number of hydrogen-bond acceptors (Lipinski definition) is 1. The molecule has 0 aromatic carbocycles. The van der Waals surface area contributed by atoms with Gasteiger partial charge in [-0.05, 0) is 38.2 Å². The van der Waals surface area contributed by atoms with Gasteiger partial charge in [0.2, 0.25) is 0 Å². The van der Waals surface area contributed by atoms with Gasteiger partial charge in [-0.25, -0.2) is 0 Å². The van der Waals surface area contributed by atoms with Crippen molar-refractivity contribution in [3.63, 3.8) is 0 Å². The molecule has 0 aromatic rings. The third kappa shape index (κ3) is 3.04. The molecular formula is C11H16O. The highest BCUT2D eigenvalue weighted by Crippen LogP contribution is 2.22. The SMILES string of the molecule is C/C(C=O)=C\C=C1CCCCC1. The maximum absolute atomic E-state index is 10.3. The average molecular weight is 164 g/mol. The summed E-state index contributed by atoms with van der Waals surface area (Å²) in [5.41, 5.74) is 2.32. The number of hydrogen-bond donors (Lipinski definition) is 0. The van der Waals surface area contributed by atoms with E-state index in [9.17, 15) is 4.79 Å². The second-order valence-electron chi connectivity index (χ2n) is 3.41. The first-order valence-corrected chi connectivity index (χ1v) is 4.64. The van der Waals surface area contributed by atoms with Crippen LogP contribution in [-0.2, 0) is 4.79 Å². The van der Waals surface area contributed by atoms with E-state index in [1.165, 1.54) is 37.7 Å². The molecule has 1 heteroatoms. The van der Waals surface area contributed by atoms with Crippen molar-refractivity contribution < 1.29 is 4.79 Å². The van der Waals surface area contributed by atoms with Crippen molar-refractivity contribution in [3.05, 3.63) is 23.3 Å². The van der Waals surface area contributed by atoms with Crippen molar-refractivity contribution in [2.75, 3.05) is 0 Å². The van der Waals surface area contributed by atoms with Gasteiger partial charge in [-0.1, -0.05) is 24.1 Å². The van der Waals surface area contributed by atoms with E-state index in [2.05, 4.69) is 6.08 Å². The summed E-state index contributed by atoms with van der Waals surface area (Å²) in [7, 11) is 0. The highest BCUT2D eigenvalue weighted by Gasteiger charge is 2.03. The van der Waals surface area contributed by atoms with Crippen LogP contribution in [0.4, 0.5) is 0 Å². The second kappa shape index (κ2) is 4.91. The Hall–Kier alpha value is -0.850. The standard InChI is InChI=1S/C11H16O/c1-10(9-12)7-8-11-5-3-2-4-6-11/h7-9H,2-6H2,1H3/b10-7+. The van der Waals surface area contributed by atoms with Crippen LogP contribution in [0.2, 0.25) is 0 Å². The Morgan fingerprint density at radius 1 is 1.25 bits per heavy atom. The van der Waals surface area contributed by atoms with Crippen molar-refractivity contribution in [1.82, 2.24) is 0 Å². The lowest BCUT2D eigenvalue weighted by Crippen LogP contribution is -1.92. The van der Waals surface area contributed by atoms with Crippen LogP contribution in [0, 0.1) is 0 Å². The number of carbonyl (C=O) groups is 1. The summed E-state index contributed by atoms with van der Waals surface area (Å²) in [6.07, 6.45) is 11.4. The molecule has 0 amide bonds. The van der Waals surface area contributed by atoms with E-state index < -0.39 is 0 Å². The largest absolute Gasteiger partial charge is 0.298 e. The molecule has 0 radical (unpaired) electrons. The number of rotatable bonds is 2. The van der Waals surface area contributed by atoms with Crippen molar-refractivity contribution in [3.8, 4) is 0 Å². The van der Waals surface area contributed by atoms with Crippen LogP contribution in [0.5, 0.6) is 0 Å². The molecule has 0 unspecified atom stereocenters. The lowest BCUT2D eigenvalue weighted by molar-refractivity contribution is -0.104. The smallest absolute Gasteiger partial charge is 0.145 e. The van der Waals surface area contributed by atoms with Crippen LogP contribution < -0.4 is 0 Å². The van der Waals surface area contributed by atoms with E-state index in [1.807, 2.05) is 13.0 Å². The molecule has 1 aliphatic carbocycles. The van der Waals surface area contributed by atoms with Gasteiger partial charge in [0, 0.05) is 0 Å². The van der Waals surface area contributed by atoms with Gasteiger partial charge in [0.05, 0.1) is 0 Å². The first-order valence-electron chi connectivity index (χ1n) is 4.64. The van der Waals surface area contributed by atoms with Crippen molar-refractivity contribution in [2.24, 2.45) is 0 Å². The molecule has 1 rings (SSSR count). The Balaban J connectivity index is 2.49. The van der Waals surface area contributed by atoms with E-state index in [0.29, 0.717) is 0 Å². The van der Waals surface area contributed by atoms with E-state index in [1.54, 1.807) is 0 Å². The van der Waals surface area contributed by atoms with Crippen LogP contribution in [0.15, 0.2) is 23.3 Å². The van der Waals surface area contributed by atoms with E-state index in [0.717, 1.165) is 11.9 Å². The summed E-state index contributed by atoms with van der Waals surface area (Å²) in [6.45, 7) is 1.84. The molecule has 0 bridgehead atoms. The Morgan fingerprint density at radius 2 is 1.92 bits per heavy atom. The molecule has 0 aromatic heterocycles. The predicted molar refractivity (Wildman–Crippen MR) is 51.0 cm³/mol. The summed E-state index contributed by atoms with van der Waals surface area (Å²) in [4.78, 5) is 10.3. The molecular weight excluding hydrogens is 148 g/mol. The van der Waals surface area contributed by atoms with Gasteiger partial charge < -0.3 is 0 Å². The molecule has 0 saturated heterocycles. The Bertz CT molecular complexity index is 203. The van der Waals surface area contributed by atoms with Crippen LogP contribution in [0.1, 0.15) is 39.0 Å². The summed E-state index contributed by atoms with van der Waals surface area (Å²) in [6, 6.07) is 0. The zero-order chi connectivity index (χ0) is 8.81. The fraction of sp³-hybridized carbons (Fsp3) is 0.545. The van der Waals surface area contributed by atoms with Crippen molar-refractivity contribution in [2.45, 2.75) is 39.0 Å². The average Bonchev–Trinajstić information content (AvgIpc) is 2.16. The summed E-state index contributed by atoms with van der Waals surface area (Å²) < 4.78 is 0. The molecule has 1 fully saturated rings. The lowest BCUT2D eigenvalue weighted by Gasteiger charge is -2.12. The van der Waals surface area contributed by atoms with Gasteiger partial charge in [-0.15, -0.1) is 0 Å². The predicted octanol–water partition coefficient (Wildman–Crippen LogP) is 3.02. The summed E-state index contributed by atoms with van der Waals surface area (Å²) >= 11 is 0. The Morgan fingerprint density at radius 3 is 2.50 bits per heavy atom. The lowest BCUT2D eigenvalue weighted by atomic mass is 9.94. The van der Waals surface area contributed by atoms with Crippen LogP contribution in [-0.4, -0.2) is 6.29 Å². The monoisotopic (exact) mass is 164 g/mol. The maximum atomic E-state index is 10.3. The molecule has 1 aliphatic rings. The minimum atomic E-state index is 0.813. The molecule has 1 nitrogen and oxygen atoms in total. The van der Waals surface area contributed by atoms with Gasteiger partial charge in [-0.2, -0.15) is 0 Å². The molecule has 0 spiro atoms. The highest BCUT2D eigenvalue weighted by atomic mass is 16.1. The van der Waals surface area contributed by atoms with Gasteiger partial charge in [0.25, 0.3) is 0 Å². The number of aldehydes is 1. The number of carbonyl (C=O) groups excluding carboxylic acids is 1. The van der Waals surface area contributed by atoms with Gasteiger partial charge in [-0.3, -0.25) is 4.79 Å². The number of allylic oxidation sites excluding steroid dienone is 4. The molecule has 0 heterocycles. The molecule has 1 saturated carbocycles. The van der Waals surface area contributed by atoms with Gasteiger partial charge >= 0.3 is 0 Å². The van der Waals surface area contributed by atoms with Crippen LogP contribution >= 0.6 is 0 Å². The topological polar surface area (TPSA) is 17.1 Å². The van der Waals surface area contributed by atoms with Crippen molar-refractivity contribution in [1.29, 1.82) is 0 Å². The molecule has 66 valence electrons. The maximum Gasteiger partial charge on any atom is 0.145 e. The summed E-state index contributed by atoms with van der Waals surface area (Å²) in [5.74, 6) is 0. The summed E-state index contributed by atoms with van der Waals surface area (Å²) in [5, 5.41) is 0. The van der Waals surface area contributed by atoms with Gasteiger partial charge in [0.15, 0.2) is 0 Å². The second-order valence-corrected chi connectivity index (χ2v) is 3.41.